The van der Waals surface area contributed by atoms with E-state index in [0.29, 0.717) is 5.92 Å². The highest BCUT2D eigenvalue weighted by Crippen LogP contribution is 2.25. The van der Waals surface area contributed by atoms with Crippen molar-refractivity contribution < 1.29 is 0 Å². The van der Waals surface area contributed by atoms with Crippen LogP contribution in [0.3, 0.4) is 0 Å². The summed E-state index contributed by atoms with van der Waals surface area (Å²) in [4.78, 5) is 18.8. The maximum Gasteiger partial charge on any atom is 0.120 e. The molecule has 0 spiro atoms. The number of aromatic nitrogens is 4. The molecule has 1 unspecified atom stereocenters. The van der Waals surface area contributed by atoms with Gasteiger partial charge in [0.25, 0.3) is 0 Å². The molecule has 2 aromatic heterocycles. The first-order valence-electron chi connectivity index (χ1n) is 6.80. The van der Waals surface area contributed by atoms with Gasteiger partial charge in [0.1, 0.15) is 5.82 Å². The average Bonchev–Trinajstić information content (AvgIpc) is 2.92. The van der Waals surface area contributed by atoms with Crippen molar-refractivity contribution in [2.75, 3.05) is 13.1 Å². The number of H-pyrrole nitrogens is 1. The molecule has 0 aromatic carbocycles. The second-order valence-electron chi connectivity index (χ2n) is 5.20. The first-order chi connectivity index (χ1) is 9.31. The van der Waals surface area contributed by atoms with Crippen LogP contribution in [-0.2, 0) is 6.54 Å². The summed E-state index contributed by atoms with van der Waals surface area (Å²) in [6.45, 7) is 5.07. The second-order valence-corrected chi connectivity index (χ2v) is 5.20. The highest BCUT2D eigenvalue weighted by molar-refractivity contribution is 5.09. The van der Waals surface area contributed by atoms with Gasteiger partial charge >= 0.3 is 0 Å². The molecule has 0 radical (unpaired) electrons. The molecule has 1 saturated heterocycles. The second kappa shape index (κ2) is 5.48. The van der Waals surface area contributed by atoms with Crippen LogP contribution in [0.2, 0.25) is 0 Å². The van der Waals surface area contributed by atoms with E-state index in [0.717, 1.165) is 36.8 Å². The lowest BCUT2D eigenvalue weighted by Crippen LogP contribution is -2.34. The summed E-state index contributed by atoms with van der Waals surface area (Å²) in [6.07, 6.45) is 9.82. The van der Waals surface area contributed by atoms with E-state index in [1.165, 1.54) is 12.8 Å². The van der Waals surface area contributed by atoms with E-state index in [4.69, 9.17) is 0 Å². The predicted molar refractivity (Wildman–Crippen MR) is 72.6 cm³/mol. The standard InChI is InChI=1S/C14H19N5/c1-11-7-15-8-13(18-11)12-3-2-6-19(9-12)10-14-16-4-5-17-14/h4-5,7-8,12H,2-3,6,9-10H2,1H3,(H,16,17). The fourth-order valence-corrected chi connectivity index (χ4v) is 2.72. The van der Waals surface area contributed by atoms with Gasteiger partial charge in [-0.1, -0.05) is 0 Å². The summed E-state index contributed by atoms with van der Waals surface area (Å²) in [6, 6.07) is 0. The average molecular weight is 257 g/mol. The lowest BCUT2D eigenvalue weighted by Gasteiger charge is -2.31. The molecule has 1 atom stereocenters. The van der Waals surface area contributed by atoms with E-state index in [2.05, 4.69) is 24.8 Å². The minimum Gasteiger partial charge on any atom is -0.348 e. The number of hydrogen-bond acceptors (Lipinski definition) is 4. The third kappa shape index (κ3) is 2.98. The molecule has 100 valence electrons. The van der Waals surface area contributed by atoms with Crippen molar-refractivity contribution in [1.29, 1.82) is 0 Å². The number of nitrogens with zero attached hydrogens (tertiary/aromatic N) is 4. The number of aromatic amines is 1. The topological polar surface area (TPSA) is 57.7 Å². The zero-order valence-corrected chi connectivity index (χ0v) is 11.2. The Bertz CT molecular complexity index is 522. The smallest absolute Gasteiger partial charge is 0.120 e. The van der Waals surface area contributed by atoms with Crippen molar-refractivity contribution in [2.45, 2.75) is 32.2 Å². The summed E-state index contributed by atoms with van der Waals surface area (Å²) in [5.41, 5.74) is 2.13. The van der Waals surface area contributed by atoms with Crippen LogP contribution in [-0.4, -0.2) is 37.9 Å². The van der Waals surface area contributed by atoms with Crippen LogP contribution < -0.4 is 0 Å². The molecule has 3 rings (SSSR count). The van der Waals surface area contributed by atoms with Gasteiger partial charge in [0, 0.05) is 37.3 Å². The monoisotopic (exact) mass is 257 g/mol. The van der Waals surface area contributed by atoms with Gasteiger partial charge in [-0.05, 0) is 26.3 Å². The zero-order valence-electron chi connectivity index (χ0n) is 11.2. The Morgan fingerprint density at radius 1 is 1.42 bits per heavy atom. The summed E-state index contributed by atoms with van der Waals surface area (Å²) in [5.74, 6) is 1.53. The number of likely N-dealkylation sites (tertiary alicyclic amines) is 1. The molecule has 19 heavy (non-hydrogen) atoms. The number of piperidine rings is 1. The van der Waals surface area contributed by atoms with Gasteiger partial charge in [0.2, 0.25) is 0 Å². The Balaban J connectivity index is 1.67. The lowest BCUT2D eigenvalue weighted by atomic mass is 9.95. The normalized spacial score (nSPS) is 20.6. The minimum absolute atomic E-state index is 0.496. The van der Waals surface area contributed by atoms with Crippen molar-refractivity contribution in [3.05, 3.63) is 42.0 Å². The highest BCUT2D eigenvalue weighted by atomic mass is 15.2. The fourth-order valence-electron chi connectivity index (χ4n) is 2.72. The molecule has 0 amide bonds. The van der Waals surface area contributed by atoms with Crippen molar-refractivity contribution >= 4 is 0 Å². The number of rotatable bonds is 3. The van der Waals surface area contributed by atoms with E-state index in [-0.39, 0.29) is 0 Å². The van der Waals surface area contributed by atoms with Crippen molar-refractivity contribution in [2.24, 2.45) is 0 Å². The van der Waals surface area contributed by atoms with Crippen LogP contribution in [0, 0.1) is 6.92 Å². The third-order valence-corrected chi connectivity index (χ3v) is 3.63. The van der Waals surface area contributed by atoms with E-state index in [1.807, 2.05) is 31.7 Å². The molecule has 5 heteroatoms. The van der Waals surface area contributed by atoms with Crippen molar-refractivity contribution in [3.8, 4) is 0 Å². The molecule has 0 bridgehead atoms. The Kier molecular flexibility index (Phi) is 3.55. The summed E-state index contributed by atoms with van der Waals surface area (Å²) in [7, 11) is 0. The maximum atomic E-state index is 4.62. The van der Waals surface area contributed by atoms with E-state index >= 15 is 0 Å². The van der Waals surface area contributed by atoms with Crippen molar-refractivity contribution in [1.82, 2.24) is 24.8 Å². The molecule has 2 aromatic rings. The van der Waals surface area contributed by atoms with Crippen LogP contribution in [0.4, 0.5) is 0 Å². The Morgan fingerprint density at radius 2 is 2.37 bits per heavy atom. The predicted octanol–water partition coefficient (Wildman–Crippen LogP) is 1.89. The zero-order chi connectivity index (χ0) is 13.1. The number of aryl methyl sites for hydroxylation is 1. The number of nitrogens with one attached hydrogen (secondary N) is 1. The first kappa shape index (κ1) is 12.3. The minimum atomic E-state index is 0.496. The van der Waals surface area contributed by atoms with Gasteiger partial charge in [-0.2, -0.15) is 0 Å². The lowest BCUT2D eigenvalue weighted by molar-refractivity contribution is 0.194. The summed E-state index contributed by atoms with van der Waals surface area (Å²) >= 11 is 0. The third-order valence-electron chi connectivity index (χ3n) is 3.63. The molecule has 3 heterocycles. The van der Waals surface area contributed by atoms with Gasteiger partial charge in [-0.15, -0.1) is 0 Å². The SMILES string of the molecule is Cc1cncc(C2CCCN(Cc3ncc[nH]3)C2)n1. The van der Waals surface area contributed by atoms with Gasteiger partial charge in [0.05, 0.1) is 17.9 Å². The van der Waals surface area contributed by atoms with Gasteiger partial charge in [-0.25, -0.2) is 4.98 Å². The van der Waals surface area contributed by atoms with Crippen LogP contribution in [0.1, 0.15) is 36.0 Å². The molecule has 5 nitrogen and oxygen atoms in total. The molecule has 1 N–H and O–H groups in total. The largest absolute Gasteiger partial charge is 0.348 e. The van der Waals surface area contributed by atoms with Gasteiger partial charge < -0.3 is 4.98 Å². The number of hydrogen-bond donors (Lipinski definition) is 1. The Labute approximate surface area is 113 Å². The van der Waals surface area contributed by atoms with Crippen LogP contribution >= 0.6 is 0 Å². The van der Waals surface area contributed by atoms with Crippen molar-refractivity contribution in [3.63, 3.8) is 0 Å². The quantitative estimate of drug-likeness (QED) is 0.912. The summed E-state index contributed by atoms with van der Waals surface area (Å²) in [5, 5.41) is 0. The number of imidazole rings is 1. The van der Waals surface area contributed by atoms with Gasteiger partial charge in [-0.3, -0.25) is 14.9 Å². The Hall–Kier alpha value is -1.75. The Morgan fingerprint density at radius 3 is 3.16 bits per heavy atom. The molecule has 1 fully saturated rings. The highest BCUT2D eigenvalue weighted by Gasteiger charge is 2.23. The molecular formula is C14H19N5. The van der Waals surface area contributed by atoms with Crippen LogP contribution in [0.25, 0.3) is 0 Å². The molecular weight excluding hydrogens is 238 g/mol. The molecule has 0 saturated carbocycles. The summed E-state index contributed by atoms with van der Waals surface area (Å²) < 4.78 is 0. The molecule has 0 aliphatic carbocycles. The van der Waals surface area contributed by atoms with E-state index < -0.39 is 0 Å². The maximum absolute atomic E-state index is 4.62. The first-order valence-corrected chi connectivity index (χ1v) is 6.80. The van der Waals surface area contributed by atoms with E-state index in [9.17, 15) is 0 Å². The van der Waals surface area contributed by atoms with Gasteiger partial charge in [0.15, 0.2) is 0 Å². The fraction of sp³-hybridized carbons (Fsp3) is 0.500. The molecule has 1 aliphatic heterocycles. The van der Waals surface area contributed by atoms with Crippen LogP contribution in [0.15, 0.2) is 24.8 Å². The van der Waals surface area contributed by atoms with Crippen LogP contribution in [0.5, 0.6) is 0 Å². The van der Waals surface area contributed by atoms with E-state index in [1.54, 1.807) is 0 Å². The molecule has 1 aliphatic rings.